The van der Waals surface area contributed by atoms with Gasteiger partial charge in [-0.05, 0) is 24.6 Å². The largest absolute Gasteiger partial charge is 0.464 e. The molecule has 104 valence electrons. The van der Waals surface area contributed by atoms with Gasteiger partial charge in [0.05, 0.1) is 7.11 Å². The van der Waals surface area contributed by atoms with E-state index < -0.39 is 16.2 Å². The van der Waals surface area contributed by atoms with Crippen molar-refractivity contribution < 1.29 is 17.9 Å². The number of nitrogens with zero attached hydrogens (tertiary/aromatic N) is 1. The molecule has 0 amide bonds. The summed E-state index contributed by atoms with van der Waals surface area (Å²) in [5, 5.41) is 8.23. The summed E-state index contributed by atoms with van der Waals surface area (Å²) >= 11 is 0. The lowest BCUT2D eigenvalue weighted by Crippen LogP contribution is -2.26. The molecule has 2 rings (SSSR count). The van der Waals surface area contributed by atoms with Crippen LogP contribution in [0.15, 0.2) is 18.3 Å². The molecule has 1 aliphatic rings. The molecule has 0 aliphatic carbocycles. The van der Waals surface area contributed by atoms with Gasteiger partial charge in [-0.2, -0.15) is 8.42 Å². The zero-order chi connectivity index (χ0) is 14.0. The Labute approximate surface area is 111 Å². The number of methoxy groups -OCH3 is 1. The highest BCUT2D eigenvalue weighted by Gasteiger charge is 2.25. The molecule has 0 radical (unpaired) electrons. The van der Waals surface area contributed by atoms with E-state index in [2.05, 4.69) is 10.1 Å². The maximum Gasteiger partial charge on any atom is 0.356 e. The molecule has 3 N–H and O–H groups in total. The first-order valence-corrected chi connectivity index (χ1v) is 7.18. The lowest BCUT2D eigenvalue weighted by Gasteiger charge is -2.15. The summed E-state index contributed by atoms with van der Waals surface area (Å²) < 4.78 is 28.3. The predicted molar refractivity (Wildman–Crippen MR) is 69.7 cm³/mol. The van der Waals surface area contributed by atoms with Crippen LogP contribution >= 0.6 is 0 Å². The molecular formula is C11H15N3O4S. The van der Waals surface area contributed by atoms with Gasteiger partial charge in [-0.1, -0.05) is 6.08 Å². The molecule has 1 aromatic heterocycles. The Morgan fingerprint density at radius 1 is 1.53 bits per heavy atom. The minimum atomic E-state index is -4.03. The second-order valence-electron chi connectivity index (χ2n) is 4.09. The first-order valence-electron chi connectivity index (χ1n) is 5.68. The van der Waals surface area contributed by atoms with Crippen LogP contribution in [0.25, 0.3) is 5.57 Å². The van der Waals surface area contributed by atoms with Crippen molar-refractivity contribution in [3.8, 4) is 0 Å². The summed E-state index contributed by atoms with van der Waals surface area (Å²) in [7, 11) is -2.84. The third-order valence-electron chi connectivity index (χ3n) is 2.91. The van der Waals surface area contributed by atoms with E-state index in [0.29, 0.717) is 18.5 Å². The molecule has 19 heavy (non-hydrogen) atoms. The van der Waals surface area contributed by atoms with Gasteiger partial charge < -0.3 is 10.1 Å². The third kappa shape index (κ3) is 2.70. The van der Waals surface area contributed by atoms with Crippen molar-refractivity contribution in [2.45, 2.75) is 6.42 Å². The van der Waals surface area contributed by atoms with Crippen molar-refractivity contribution in [3.05, 3.63) is 29.6 Å². The zero-order valence-electron chi connectivity index (χ0n) is 10.4. The molecule has 0 atom stereocenters. The normalized spacial score (nSPS) is 16.0. The van der Waals surface area contributed by atoms with Crippen LogP contribution in [0.1, 0.15) is 22.5 Å². The first-order chi connectivity index (χ1) is 8.95. The van der Waals surface area contributed by atoms with Crippen LogP contribution < -0.4 is 10.5 Å². The highest BCUT2D eigenvalue weighted by Crippen LogP contribution is 2.25. The molecule has 2 heterocycles. The zero-order valence-corrected chi connectivity index (χ0v) is 11.2. The summed E-state index contributed by atoms with van der Waals surface area (Å²) in [4.78, 5) is 11.8. The van der Waals surface area contributed by atoms with E-state index in [4.69, 9.17) is 5.14 Å². The summed E-state index contributed by atoms with van der Waals surface area (Å²) in [6, 6.07) is 1.56. The topological polar surface area (TPSA) is 103 Å². The number of rotatable bonds is 3. The Hall–Kier alpha value is -1.64. The lowest BCUT2D eigenvalue weighted by molar-refractivity contribution is 0.0592. The highest BCUT2D eigenvalue weighted by atomic mass is 32.2. The van der Waals surface area contributed by atoms with E-state index in [-0.39, 0.29) is 5.69 Å². The minimum absolute atomic E-state index is 0.0573. The van der Waals surface area contributed by atoms with Gasteiger partial charge in [0.25, 0.3) is 0 Å². The molecule has 0 saturated carbocycles. The summed E-state index contributed by atoms with van der Waals surface area (Å²) in [5.74, 6) is -0.728. The van der Waals surface area contributed by atoms with Gasteiger partial charge in [-0.3, -0.25) is 0 Å². The van der Waals surface area contributed by atoms with E-state index in [1.807, 2.05) is 6.08 Å². The maximum atomic E-state index is 11.8. The number of hydrogen-bond donors (Lipinski definition) is 2. The van der Waals surface area contributed by atoms with Crippen LogP contribution in [0.5, 0.6) is 0 Å². The van der Waals surface area contributed by atoms with Crippen LogP contribution in [0.4, 0.5) is 0 Å². The number of carbonyl (C=O) groups excluding carboxylic acids is 1. The van der Waals surface area contributed by atoms with Crippen LogP contribution in [-0.4, -0.2) is 38.6 Å². The predicted octanol–water partition coefficient (Wildman–Crippen LogP) is -0.297. The van der Waals surface area contributed by atoms with E-state index in [9.17, 15) is 13.2 Å². The average molecular weight is 285 g/mol. The Balaban J connectivity index is 2.59. The van der Waals surface area contributed by atoms with Crippen molar-refractivity contribution in [2.75, 3.05) is 20.2 Å². The quantitative estimate of drug-likeness (QED) is 0.742. The molecule has 0 unspecified atom stereocenters. The van der Waals surface area contributed by atoms with Gasteiger partial charge in [-0.15, -0.1) is 0 Å². The van der Waals surface area contributed by atoms with Crippen LogP contribution in [0.3, 0.4) is 0 Å². The Morgan fingerprint density at radius 3 is 2.79 bits per heavy atom. The van der Waals surface area contributed by atoms with Crippen LogP contribution in [-0.2, 0) is 14.9 Å². The van der Waals surface area contributed by atoms with Gasteiger partial charge in [-0.25, -0.2) is 13.9 Å². The lowest BCUT2D eigenvalue weighted by atomic mass is 10.0. The molecule has 0 aromatic carbocycles. The third-order valence-corrected chi connectivity index (χ3v) is 3.77. The fourth-order valence-corrected chi connectivity index (χ4v) is 2.71. The Bertz CT molecular complexity index is 630. The van der Waals surface area contributed by atoms with E-state index in [1.54, 1.807) is 6.07 Å². The summed E-state index contributed by atoms with van der Waals surface area (Å²) in [6.07, 6.45) is 3.89. The second kappa shape index (κ2) is 5.16. The SMILES string of the molecule is COC(=O)c1c(C2=CCNCC2)ccn1S(N)(=O)=O. The second-order valence-corrected chi connectivity index (χ2v) is 5.52. The van der Waals surface area contributed by atoms with E-state index in [1.165, 1.54) is 13.3 Å². The number of hydrogen-bond acceptors (Lipinski definition) is 5. The average Bonchev–Trinajstić information content (AvgIpc) is 2.83. The number of aromatic nitrogens is 1. The van der Waals surface area contributed by atoms with E-state index >= 15 is 0 Å². The molecular weight excluding hydrogens is 270 g/mol. The molecule has 0 saturated heterocycles. The fraction of sp³-hybridized carbons (Fsp3) is 0.364. The van der Waals surface area contributed by atoms with Gasteiger partial charge >= 0.3 is 16.2 Å². The van der Waals surface area contributed by atoms with Crippen molar-refractivity contribution in [1.82, 2.24) is 9.29 Å². The first kappa shape index (κ1) is 13.8. The number of ether oxygens (including phenoxy) is 1. The van der Waals surface area contributed by atoms with Gasteiger partial charge in [0.1, 0.15) is 0 Å². The van der Waals surface area contributed by atoms with Crippen molar-refractivity contribution in [3.63, 3.8) is 0 Å². The van der Waals surface area contributed by atoms with E-state index in [0.717, 1.165) is 16.1 Å². The molecule has 0 fully saturated rings. The van der Waals surface area contributed by atoms with Crippen LogP contribution in [0.2, 0.25) is 0 Å². The van der Waals surface area contributed by atoms with Crippen molar-refractivity contribution in [2.24, 2.45) is 5.14 Å². The number of nitrogens with two attached hydrogens (primary N) is 1. The van der Waals surface area contributed by atoms with Crippen LogP contribution in [0, 0.1) is 0 Å². The van der Waals surface area contributed by atoms with Crippen molar-refractivity contribution in [1.29, 1.82) is 0 Å². The molecule has 1 aliphatic heterocycles. The highest BCUT2D eigenvalue weighted by molar-refractivity contribution is 7.87. The standard InChI is InChI=1S/C11H15N3O4S/c1-18-11(15)10-9(8-2-5-13-6-3-8)4-7-14(10)19(12,16)17/h2,4,7,13H,3,5-6H2,1H3,(H2,12,16,17). The molecule has 7 nitrogen and oxygen atoms in total. The van der Waals surface area contributed by atoms with Gasteiger partial charge in [0, 0.05) is 18.3 Å². The minimum Gasteiger partial charge on any atom is -0.464 e. The van der Waals surface area contributed by atoms with Gasteiger partial charge in [0.2, 0.25) is 0 Å². The maximum absolute atomic E-state index is 11.8. The smallest absolute Gasteiger partial charge is 0.356 e. The Kier molecular flexibility index (Phi) is 3.74. The molecule has 0 bridgehead atoms. The number of nitrogens with one attached hydrogen (secondary N) is 1. The van der Waals surface area contributed by atoms with Gasteiger partial charge in [0.15, 0.2) is 5.69 Å². The summed E-state index contributed by atoms with van der Waals surface area (Å²) in [5.41, 5.74) is 1.39. The van der Waals surface area contributed by atoms with Crippen molar-refractivity contribution >= 4 is 21.8 Å². The number of carbonyl (C=O) groups is 1. The molecule has 1 aromatic rings. The monoisotopic (exact) mass is 285 g/mol. The Morgan fingerprint density at radius 2 is 2.26 bits per heavy atom. The fourth-order valence-electron chi connectivity index (χ4n) is 2.05. The summed E-state index contributed by atoms with van der Waals surface area (Å²) in [6.45, 7) is 1.45. The molecule has 0 spiro atoms. The number of esters is 1. The molecule has 8 heteroatoms.